The summed E-state index contributed by atoms with van der Waals surface area (Å²) in [4.78, 5) is 11.8. The van der Waals surface area contributed by atoms with E-state index in [0.29, 0.717) is 11.3 Å². The lowest BCUT2D eigenvalue weighted by atomic mass is 10.1. The first-order valence-electron chi connectivity index (χ1n) is 5.67. The number of ketones is 1. The number of rotatable bonds is 5. The zero-order chi connectivity index (χ0) is 13.8. The number of hydrogen-bond donors (Lipinski definition) is 1. The molecule has 1 aromatic carbocycles. The fourth-order valence-electron chi connectivity index (χ4n) is 1.23. The second-order valence-electron chi connectivity index (χ2n) is 4.85. The number of nitrogens with one attached hydrogen (secondary N) is 1. The number of hydrogen-bond acceptors (Lipinski definition) is 3. The topological polar surface area (TPSA) is 55.4 Å². The monoisotopic (exact) mass is 269 g/mol. The van der Waals surface area contributed by atoms with Crippen molar-refractivity contribution in [3.05, 3.63) is 29.8 Å². The Kier molecular flexibility index (Phi) is 5.04. The van der Waals surface area contributed by atoms with Crippen LogP contribution < -0.4 is 9.46 Å². The summed E-state index contributed by atoms with van der Waals surface area (Å²) < 4.78 is 19.1. The van der Waals surface area contributed by atoms with Gasteiger partial charge < -0.3 is 4.74 Å². The van der Waals surface area contributed by atoms with Crippen molar-refractivity contribution in [2.75, 3.05) is 13.7 Å². The average molecular weight is 269 g/mol. The standard InChI is InChI=1S/C13H19NO3S/c1-13(2,3)18(16)14-9-12(15)10-5-7-11(17-4)8-6-10/h5-8,14H,9H2,1-4H3. The third-order valence-electron chi connectivity index (χ3n) is 2.33. The van der Waals surface area contributed by atoms with Crippen LogP contribution in [0.25, 0.3) is 0 Å². The van der Waals surface area contributed by atoms with Crippen LogP contribution in [0.15, 0.2) is 24.3 Å². The van der Waals surface area contributed by atoms with Gasteiger partial charge in [0, 0.05) is 5.56 Å². The largest absolute Gasteiger partial charge is 0.497 e. The quantitative estimate of drug-likeness (QED) is 0.831. The lowest BCUT2D eigenvalue weighted by Gasteiger charge is -2.17. The molecule has 1 rings (SSSR count). The normalized spacial score (nSPS) is 13.1. The maximum absolute atomic E-state index is 11.8. The van der Waals surface area contributed by atoms with Gasteiger partial charge in [0.25, 0.3) is 0 Å². The summed E-state index contributed by atoms with van der Waals surface area (Å²) in [6, 6.07) is 6.85. The molecule has 1 unspecified atom stereocenters. The Bertz CT molecular complexity index is 435. The van der Waals surface area contributed by atoms with Crippen LogP contribution in [0.3, 0.4) is 0 Å². The molecule has 1 atom stereocenters. The molecule has 0 fully saturated rings. The van der Waals surface area contributed by atoms with E-state index >= 15 is 0 Å². The zero-order valence-electron chi connectivity index (χ0n) is 11.1. The zero-order valence-corrected chi connectivity index (χ0v) is 12.0. The summed E-state index contributed by atoms with van der Waals surface area (Å²) in [5.41, 5.74) is 0.578. The second kappa shape index (κ2) is 6.11. The molecule has 0 radical (unpaired) electrons. The van der Waals surface area contributed by atoms with Crippen LogP contribution >= 0.6 is 0 Å². The van der Waals surface area contributed by atoms with Gasteiger partial charge in [-0.25, -0.2) is 8.93 Å². The number of carbonyl (C=O) groups is 1. The van der Waals surface area contributed by atoms with Gasteiger partial charge >= 0.3 is 0 Å². The van der Waals surface area contributed by atoms with Crippen LogP contribution in [0, 0.1) is 0 Å². The first kappa shape index (κ1) is 14.9. The van der Waals surface area contributed by atoms with Crippen molar-refractivity contribution in [2.45, 2.75) is 25.5 Å². The fraction of sp³-hybridized carbons (Fsp3) is 0.462. The summed E-state index contributed by atoms with van der Waals surface area (Å²) in [5, 5.41) is 0. The molecule has 0 bridgehead atoms. The Morgan fingerprint density at radius 3 is 2.28 bits per heavy atom. The summed E-state index contributed by atoms with van der Waals surface area (Å²) >= 11 is 0. The Morgan fingerprint density at radius 2 is 1.83 bits per heavy atom. The molecule has 0 aliphatic rings. The summed E-state index contributed by atoms with van der Waals surface area (Å²) in [6.07, 6.45) is 0. The van der Waals surface area contributed by atoms with E-state index in [-0.39, 0.29) is 17.1 Å². The molecule has 0 amide bonds. The molecule has 0 spiro atoms. The Morgan fingerprint density at radius 1 is 1.28 bits per heavy atom. The van der Waals surface area contributed by atoms with Gasteiger partial charge in [-0.2, -0.15) is 0 Å². The molecule has 0 aliphatic heterocycles. The molecule has 0 heterocycles. The summed E-state index contributed by atoms with van der Waals surface area (Å²) in [5.74, 6) is 0.619. The third-order valence-corrected chi connectivity index (χ3v) is 3.85. The third kappa shape index (κ3) is 4.23. The minimum atomic E-state index is -1.23. The highest BCUT2D eigenvalue weighted by Crippen LogP contribution is 2.12. The number of ether oxygens (including phenoxy) is 1. The minimum Gasteiger partial charge on any atom is -0.497 e. The predicted molar refractivity (Wildman–Crippen MR) is 73.2 cm³/mol. The van der Waals surface area contributed by atoms with Gasteiger partial charge in [-0.1, -0.05) is 0 Å². The van der Waals surface area contributed by atoms with Crippen molar-refractivity contribution in [3.8, 4) is 5.75 Å². The minimum absolute atomic E-state index is 0.0657. The van der Waals surface area contributed by atoms with E-state index < -0.39 is 11.0 Å². The lowest BCUT2D eigenvalue weighted by molar-refractivity contribution is 0.0997. The van der Waals surface area contributed by atoms with Crippen LogP contribution in [0.1, 0.15) is 31.1 Å². The van der Waals surface area contributed by atoms with Crippen LogP contribution in [-0.2, 0) is 11.0 Å². The number of carbonyl (C=O) groups excluding carboxylic acids is 1. The van der Waals surface area contributed by atoms with Crippen LogP contribution in [0.5, 0.6) is 5.75 Å². The molecule has 18 heavy (non-hydrogen) atoms. The SMILES string of the molecule is COc1ccc(C(=O)CNS(=O)C(C)(C)C)cc1. The first-order valence-corrected chi connectivity index (χ1v) is 6.82. The van der Waals surface area contributed by atoms with E-state index in [1.54, 1.807) is 31.4 Å². The van der Waals surface area contributed by atoms with Crippen molar-refractivity contribution in [1.29, 1.82) is 0 Å². The molecule has 1 aromatic rings. The van der Waals surface area contributed by atoms with E-state index in [1.165, 1.54) is 0 Å². The number of benzene rings is 1. The molecular formula is C13H19NO3S. The van der Waals surface area contributed by atoms with E-state index in [2.05, 4.69) is 4.72 Å². The first-order chi connectivity index (χ1) is 8.34. The van der Waals surface area contributed by atoms with Gasteiger partial charge in [0.05, 0.1) is 29.4 Å². The molecule has 1 N–H and O–H groups in total. The summed E-state index contributed by atoms with van der Waals surface area (Å²) in [6.45, 7) is 5.63. The molecule has 0 aromatic heterocycles. The molecular weight excluding hydrogens is 250 g/mol. The van der Waals surface area contributed by atoms with Crippen LogP contribution in [0.2, 0.25) is 0 Å². The maximum Gasteiger partial charge on any atom is 0.177 e. The van der Waals surface area contributed by atoms with Gasteiger partial charge in [-0.3, -0.25) is 4.79 Å². The highest BCUT2D eigenvalue weighted by Gasteiger charge is 2.20. The summed E-state index contributed by atoms with van der Waals surface area (Å²) in [7, 11) is 0.341. The van der Waals surface area contributed by atoms with Crippen molar-refractivity contribution in [1.82, 2.24) is 4.72 Å². The van der Waals surface area contributed by atoms with Gasteiger partial charge in [0.15, 0.2) is 5.78 Å². The highest BCUT2D eigenvalue weighted by atomic mass is 32.2. The van der Waals surface area contributed by atoms with Gasteiger partial charge in [0.1, 0.15) is 5.75 Å². The number of methoxy groups -OCH3 is 1. The molecule has 0 saturated heterocycles. The van der Waals surface area contributed by atoms with Crippen LogP contribution in [0.4, 0.5) is 0 Å². The average Bonchev–Trinajstić information content (AvgIpc) is 2.34. The maximum atomic E-state index is 11.8. The number of Topliss-reactive ketones (excluding diaryl/α,β-unsaturated/α-hetero) is 1. The smallest absolute Gasteiger partial charge is 0.177 e. The van der Waals surface area contributed by atoms with E-state index in [1.807, 2.05) is 20.8 Å². The molecule has 4 nitrogen and oxygen atoms in total. The van der Waals surface area contributed by atoms with E-state index in [4.69, 9.17) is 4.74 Å². The van der Waals surface area contributed by atoms with Gasteiger partial charge in [-0.05, 0) is 45.0 Å². The van der Waals surface area contributed by atoms with E-state index in [0.717, 1.165) is 0 Å². The Hall–Kier alpha value is -1.20. The highest BCUT2D eigenvalue weighted by molar-refractivity contribution is 7.84. The van der Waals surface area contributed by atoms with Gasteiger partial charge in [-0.15, -0.1) is 0 Å². The molecule has 0 saturated carbocycles. The van der Waals surface area contributed by atoms with Gasteiger partial charge in [0.2, 0.25) is 0 Å². The van der Waals surface area contributed by atoms with E-state index in [9.17, 15) is 9.00 Å². The van der Waals surface area contributed by atoms with Crippen molar-refractivity contribution in [2.24, 2.45) is 0 Å². The second-order valence-corrected chi connectivity index (χ2v) is 6.90. The van der Waals surface area contributed by atoms with Crippen molar-refractivity contribution in [3.63, 3.8) is 0 Å². The Balaban J connectivity index is 2.58. The van der Waals surface area contributed by atoms with Crippen molar-refractivity contribution >= 4 is 16.8 Å². The molecule has 5 heteroatoms. The molecule has 100 valence electrons. The molecule has 0 aliphatic carbocycles. The predicted octanol–water partition coefficient (Wildman–Crippen LogP) is 1.93. The lowest BCUT2D eigenvalue weighted by Crippen LogP contribution is -2.36. The fourth-order valence-corrected chi connectivity index (χ4v) is 1.92. The Labute approximate surface area is 110 Å². The van der Waals surface area contributed by atoms with Crippen LogP contribution in [-0.4, -0.2) is 28.4 Å². The van der Waals surface area contributed by atoms with Crippen molar-refractivity contribution < 1.29 is 13.7 Å².